The van der Waals surface area contributed by atoms with E-state index in [0.29, 0.717) is 19.4 Å². The normalized spacial score (nSPS) is 12.2. The molecule has 0 aliphatic heterocycles. The molecule has 0 rings (SSSR count). The van der Waals surface area contributed by atoms with E-state index in [1.54, 1.807) is 6.92 Å². The third-order valence-corrected chi connectivity index (χ3v) is 2.09. The first kappa shape index (κ1) is 13.1. The zero-order valence-corrected chi connectivity index (χ0v) is 9.01. The van der Waals surface area contributed by atoms with Crippen LogP contribution in [0.3, 0.4) is 0 Å². The summed E-state index contributed by atoms with van der Waals surface area (Å²) in [6.45, 7) is 3.90. The lowest BCUT2D eigenvalue weighted by Crippen LogP contribution is -2.39. The highest BCUT2D eigenvalue weighted by Crippen LogP contribution is 2.01. The molecule has 0 bridgehead atoms. The number of amides is 1. The van der Waals surface area contributed by atoms with E-state index < -0.39 is 0 Å². The Balaban J connectivity index is 3.90. The number of Topliss-reactive ketones (excluding diaryl/α,β-unsaturated/α-hetero) is 1. The molecule has 0 fully saturated rings. The van der Waals surface area contributed by atoms with Crippen LogP contribution in [0.15, 0.2) is 0 Å². The smallest absolute Gasteiger partial charge is 0.220 e. The molecular weight excluding hydrogens is 180 g/mol. The quantitative estimate of drug-likeness (QED) is 0.591. The molecule has 0 aromatic carbocycles. The molecule has 1 amide bonds. The summed E-state index contributed by atoms with van der Waals surface area (Å²) in [5.74, 6) is -0.0539. The van der Waals surface area contributed by atoms with E-state index in [1.165, 1.54) is 6.92 Å². The Morgan fingerprint density at radius 3 is 2.43 bits per heavy atom. The number of carbonyl (C=O) groups is 2. The van der Waals surface area contributed by atoms with Crippen molar-refractivity contribution in [1.29, 1.82) is 0 Å². The zero-order chi connectivity index (χ0) is 11.0. The number of ketones is 1. The molecule has 0 aromatic rings. The third-order valence-electron chi connectivity index (χ3n) is 2.09. The maximum absolute atomic E-state index is 11.1. The van der Waals surface area contributed by atoms with Crippen molar-refractivity contribution in [2.45, 2.75) is 45.6 Å². The molecule has 0 aliphatic rings. The minimum absolute atomic E-state index is 0.0174. The van der Waals surface area contributed by atoms with Gasteiger partial charge in [0.15, 0.2) is 5.78 Å². The predicted molar refractivity (Wildman–Crippen MR) is 55.8 cm³/mol. The second-order valence-corrected chi connectivity index (χ2v) is 3.37. The summed E-state index contributed by atoms with van der Waals surface area (Å²) in [5.41, 5.74) is 5.35. The van der Waals surface area contributed by atoms with Gasteiger partial charge in [0.1, 0.15) is 0 Å². The molecule has 4 nitrogen and oxygen atoms in total. The Morgan fingerprint density at radius 1 is 1.36 bits per heavy atom. The van der Waals surface area contributed by atoms with Gasteiger partial charge in [0.2, 0.25) is 5.91 Å². The summed E-state index contributed by atoms with van der Waals surface area (Å²) >= 11 is 0. The first-order valence-corrected chi connectivity index (χ1v) is 5.11. The highest BCUT2D eigenvalue weighted by molar-refractivity contribution is 5.87. The Labute approximate surface area is 85.2 Å². The van der Waals surface area contributed by atoms with E-state index in [0.717, 1.165) is 12.8 Å². The van der Waals surface area contributed by atoms with E-state index in [9.17, 15) is 9.59 Å². The molecule has 14 heavy (non-hydrogen) atoms. The van der Waals surface area contributed by atoms with Gasteiger partial charge in [0, 0.05) is 6.42 Å². The van der Waals surface area contributed by atoms with Crippen LogP contribution in [-0.2, 0) is 9.59 Å². The Bertz CT molecular complexity index is 193. The number of unbranched alkanes of at least 4 members (excludes halogenated alkanes) is 1. The highest BCUT2D eigenvalue weighted by Gasteiger charge is 2.14. The topological polar surface area (TPSA) is 72.2 Å². The number of nitrogens with one attached hydrogen (secondary N) is 1. The van der Waals surface area contributed by atoms with E-state index >= 15 is 0 Å². The zero-order valence-electron chi connectivity index (χ0n) is 9.01. The van der Waals surface area contributed by atoms with Crippen LogP contribution in [0.2, 0.25) is 0 Å². The van der Waals surface area contributed by atoms with Gasteiger partial charge in [-0.1, -0.05) is 6.92 Å². The first-order valence-electron chi connectivity index (χ1n) is 5.11. The van der Waals surface area contributed by atoms with Gasteiger partial charge in [-0.25, -0.2) is 0 Å². The van der Waals surface area contributed by atoms with E-state index in [4.69, 9.17) is 5.73 Å². The molecule has 0 aliphatic carbocycles. The second-order valence-electron chi connectivity index (χ2n) is 3.37. The maximum atomic E-state index is 11.1. The molecule has 4 heteroatoms. The molecule has 82 valence electrons. The Hall–Kier alpha value is -0.900. The SMILES string of the molecule is CCC(=O)NC(CCCCN)C(C)=O. The molecule has 0 spiro atoms. The van der Waals surface area contributed by atoms with Crippen LogP contribution in [0.25, 0.3) is 0 Å². The van der Waals surface area contributed by atoms with Crippen molar-refractivity contribution in [2.24, 2.45) is 5.73 Å². The summed E-state index contributed by atoms with van der Waals surface area (Å²) in [7, 11) is 0. The molecule has 0 saturated carbocycles. The second kappa shape index (κ2) is 7.50. The fourth-order valence-corrected chi connectivity index (χ4v) is 1.17. The molecule has 0 aromatic heterocycles. The van der Waals surface area contributed by atoms with Gasteiger partial charge >= 0.3 is 0 Å². The molecule has 1 unspecified atom stereocenters. The van der Waals surface area contributed by atoms with Gasteiger partial charge in [-0.2, -0.15) is 0 Å². The van der Waals surface area contributed by atoms with Crippen molar-refractivity contribution in [3.63, 3.8) is 0 Å². The number of carbonyl (C=O) groups excluding carboxylic acids is 2. The Morgan fingerprint density at radius 2 is 2.00 bits per heavy atom. The van der Waals surface area contributed by atoms with Gasteiger partial charge in [-0.15, -0.1) is 0 Å². The number of hydrogen-bond donors (Lipinski definition) is 2. The Kier molecular flexibility index (Phi) is 7.02. The van der Waals surface area contributed by atoms with Crippen LogP contribution in [0.4, 0.5) is 0 Å². The molecule has 0 heterocycles. The standard InChI is InChI=1S/C10H20N2O2/c1-3-10(14)12-9(8(2)13)6-4-5-7-11/h9H,3-7,11H2,1-2H3,(H,12,14). The lowest BCUT2D eigenvalue weighted by Gasteiger charge is -2.14. The van der Waals surface area contributed by atoms with E-state index in [2.05, 4.69) is 5.32 Å². The van der Waals surface area contributed by atoms with Crippen molar-refractivity contribution in [2.75, 3.05) is 6.54 Å². The minimum Gasteiger partial charge on any atom is -0.346 e. The van der Waals surface area contributed by atoms with Gasteiger partial charge < -0.3 is 11.1 Å². The van der Waals surface area contributed by atoms with Crippen molar-refractivity contribution >= 4 is 11.7 Å². The molecule has 3 N–H and O–H groups in total. The van der Waals surface area contributed by atoms with Gasteiger partial charge in [0.25, 0.3) is 0 Å². The van der Waals surface area contributed by atoms with Crippen LogP contribution in [-0.4, -0.2) is 24.3 Å². The fraction of sp³-hybridized carbons (Fsp3) is 0.800. The van der Waals surface area contributed by atoms with Crippen molar-refractivity contribution < 1.29 is 9.59 Å². The van der Waals surface area contributed by atoms with Crippen molar-refractivity contribution in [3.8, 4) is 0 Å². The van der Waals surface area contributed by atoms with E-state index in [1.807, 2.05) is 0 Å². The molecule has 0 radical (unpaired) electrons. The summed E-state index contributed by atoms with van der Waals surface area (Å²) in [5, 5.41) is 2.70. The summed E-state index contributed by atoms with van der Waals surface area (Å²) < 4.78 is 0. The monoisotopic (exact) mass is 200 g/mol. The molecular formula is C10H20N2O2. The van der Waals surface area contributed by atoms with Crippen molar-refractivity contribution in [1.82, 2.24) is 5.32 Å². The van der Waals surface area contributed by atoms with Crippen LogP contribution >= 0.6 is 0 Å². The lowest BCUT2D eigenvalue weighted by atomic mass is 10.1. The van der Waals surface area contributed by atoms with Crippen LogP contribution in [0.1, 0.15) is 39.5 Å². The number of hydrogen-bond acceptors (Lipinski definition) is 3. The largest absolute Gasteiger partial charge is 0.346 e. The van der Waals surface area contributed by atoms with Gasteiger partial charge in [-0.3, -0.25) is 9.59 Å². The van der Waals surface area contributed by atoms with Gasteiger partial charge in [-0.05, 0) is 32.7 Å². The van der Waals surface area contributed by atoms with E-state index in [-0.39, 0.29) is 17.7 Å². The average molecular weight is 200 g/mol. The first-order chi connectivity index (χ1) is 6.61. The van der Waals surface area contributed by atoms with Crippen LogP contribution < -0.4 is 11.1 Å². The summed E-state index contributed by atoms with van der Waals surface area (Å²) in [6, 6.07) is -0.325. The highest BCUT2D eigenvalue weighted by atomic mass is 16.2. The predicted octanol–water partition coefficient (Wildman–Crippen LogP) is 0.599. The summed E-state index contributed by atoms with van der Waals surface area (Å²) in [4.78, 5) is 22.2. The number of rotatable bonds is 7. The van der Waals surface area contributed by atoms with Gasteiger partial charge in [0.05, 0.1) is 6.04 Å². The summed E-state index contributed by atoms with van der Waals surface area (Å²) in [6.07, 6.45) is 2.88. The molecule has 1 atom stereocenters. The lowest BCUT2D eigenvalue weighted by molar-refractivity contribution is -0.126. The average Bonchev–Trinajstić information content (AvgIpc) is 2.16. The molecule has 0 saturated heterocycles. The maximum Gasteiger partial charge on any atom is 0.220 e. The third kappa shape index (κ3) is 5.70. The fourth-order valence-electron chi connectivity index (χ4n) is 1.17. The minimum atomic E-state index is -0.325. The van der Waals surface area contributed by atoms with Crippen LogP contribution in [0.5, 0.6) is 0 Å². The van der Waals surface area contributed by atoms with Crippen LogP contribution in [0, 0.1) is 0 Å². The van der Waals surface area contributed by atoms with Crippen molar-refractivity contribution in [3.05, 3.63) is 0 Å². The number of nitrogens with two attached hydrogens (primary N) is 1.